The molecule has 5 rings (SSSR count). The zero-order chi connectivity index (χ0) is 30.2. The molecular formula is C31H35N7O5. The number of nitrogens with zero attached hydrogens (tertiary/aromatic N) is 6. The summed E-state index contributed by atoms with van der Waals surface area (Å²) in [5.74, 6) is 2.21. The SMILES string of the molecule is COc1ccc(CNC(=O)CC2CN(c3cc(C)nc(-n4ccnc4)n3)CCN2C(=O)OCc2ccccc2)cc1OC. The van der Waals surface area contributed by atoms with E-state index in [9.17, 15) is 9.59 Å². The number of nitrogens with one attached hydrogen (secondary N) is 1. The topological polar surface area (TPSA) is 124 Å². The molecule has 4 aromatic rings. The number of anilines is 1. The van der Waals surface area contributed by atoms with E-state index >= 15 is 0 Å². The van der Waals surface area contributed by atoms with E-state index in [4.69, 9.17) is 19.2 Å². The molecule has 1 saturated heterocycles. The zero-order valence-corrected chi connectivity index (χ0v) is 24.5. The molecule has 1 fully saturated rings. The van der Waals surface area contributed by atoms with E-state index in [1.807, 2.05) is 55.5 Å². The number of piperazine rings is 1. The number of aromatic nitrogens is 4. The van der Waals surface area contributed by atoms with Crippen molar-refractivity contribution < 1.29 is 23.8 Å². The van der Waals surface area contributed by atoms with Gasteiger partial charge in [-0.05, 0) is 30.2 Å². The Kier molecular flexibility index (Phi) is 9.35. The maximum atomic E-state index is 13.3. The Morgan fingerprint density at radius 2 is 1.79 bits per heavy atom. The van der Waals surface area contributed by atoms with Crippen LogP contribution in [0.15, 0.2) is 73.3 Å². The number of ether oxygens (including phenoxy) is 3. The molecule has 1 unspecified atom stereocenters. The number of aryl methyl sites for hydroxylation is 1. The van der Waals surface area contributed by atoms with Crippen molar-refractivity contribution in [2.45, 2.75) is 32.5 Å². The second-order valence-electron chi connectivity index (χ2n) is 10.1. The lowest BCUT2D eigenvalue weighted by atomic mass is 10.1. The van der Waals surface area contributed by atoms with E-state index in [2.05, 4.69) is 20.2 Å². The van der Waals surface area contributed by atoms with Gasteiger partial charge in [0, 0.05) is 56.8 Å². The van der Waals surface area contributed by atoms with Gasteiger partial charge in [-0.1, -0.05) is 36.4 Å². The van der Waals surface area contributed by atoms with Crippen molar-refractivity contribution in [2.24, 2.45) is 0 Å². The molecule has 1 N–H and O–H groups in total. The van der Waals surface area contributed by atoms with E-state index in [1.54, 1.807) is 48.5 Å². The van der Waals surface area contributed by atoms with Crippen LogP contribution in [-0.4, -0.2) is 76.3 Å². The first kappa shape index (κ1) is 29.4. The highest BCUT2D eigenvalue weighted by Gasteiger charge is 2.34. The lowest BCUT2D eigenvalue weighted by molar-refractivity contribution is -0.122. The summed E-state index contributed by atoms with van der Waals surface area (Å²) in [5.41, 5.74) is 2.55. The first-order valence-electron chi connectivity index (χ1n) is 14.0. The molecule has 2 aromatic heterocycles. The fourth-order valence-electron chi connectivity index (χ4n) is 4.95. The van der Waals surface area contributed by atoms with E-state index < -0.39 is 12.1 Å². The zero-order valence-electron chi connectivity index (χ0n) is 24.5. The van der Waals surface area contributed by atoms with Crippen LogP contribution in [0.25, 0.3) is 5.95 Å². The summed E-state index contributed by atoms with van der Waals surface area (Å²) in [6.07, 6.45) is 4.72. The van der Waals surface area contributed by atoms with Crippen LogP contribution in [0.2, 0.25) is 0 Å². The summed E-state index contributed by atoms with van der Waals surface area (Å²) in [7, 11) is 3.14. The van der Waals surface area contributed by atoms with Crippen LogP contribution in [0, 0.1) is 6.92 Å². The molecule has 43 heavy (non-hydrogen) atoms. The Labute approximate surface area is 250 Å². The predicted molar refractivity (Wildman–Crippen MR) is 159 cm³/mol. The highest BCUT2D eigenvalue weighted by molar-refractivity contribution is 5.78. The molecule has 0 aliphatic carbocycles. The summed E-state index contributed by atoms with van der Waals surface area (Å²) in [6, 6.07) is 16.5. The average molecular weight is 586 g/mol. The number of rotatable bonds is 10. The van der Waals surface area contributed by atoms with Crippen LogP contribution in [0.4, 0.5) is 10.6 Å². The summed E-state index contributed by atoms with van der Waals surface area (Å²) in [4.78, 5) is 43.6. The van der Waals surface area contributed by atoms with Crippen molar-refractivity contribution in [3.63, 3.8) is 0 Å². The summed E-state index contributed by atoms with van der Waals surface area (Å²) < 4.78 is 18.1. The lowest BCUT2D eigenvalue weighted by Gasteiger charge is -2.41. The van der Waals surface area contributed by atoms with Gasteiger partial charge in [0.25, 0.3) is 0 Å². The number of carbonyl (C=O) groups is 2. The second kappa shape index (κ2) is 13.7. The number of imidazole rings is 1. The van der Waals surface area contributed by atoms with E-state index in [0.29, 0.717) is 49.4 Å². The molecule has 1 atom stereocenters. The van der Waals surface area contributed by atoms with Crippen molar-refractivity contribution in [1.29, 1.82) is 0 Å². The minimum Gasteiger partial charge on any atom is -0.493 e. The van der Waals surface area contributed by atoms with Gasteiger partial charge in [0.15, 0.2) is 11.5 Å². The van der Waals surface area contributed by atoms with E-state index in [0.717, 1.165) is 16.8 Å². The third kappa shape index (κ3) is 7.39. The molecule has 12 nitrogen and oxygen atoms in total. The third-order valence-corrected chi connectivity index (χ3v) is 7.17. The van der Waals surface area contributed by atoms with Crippen molar-refractivity contribution in [3.05, 3.63) is 90.1 Å². The molecule has 0 saturated carbocycles. The lowest BCUT2D eigenvalue weighted by Crippen LogP contribution is -2.56. The second-order valence-corrected chi connectivity index (χ2v) is 10.1. The number of hydrogen-bond donors (Lipinski definition) is 1. The molecular weight excluding hydrogens is 550 g/mol. The standard InChI is InChI=1S/C31H35N7O5/c1-22-15-28(35-30(34-22)37-12-11-32-21-37)36-13-14-38(31(40)43-20-23-7-5-4-6-8-23)25(19-36)17-29(39)33-18-24-9-10-26(41-2)27(16-24)42-3/h4-12,15-16,21,25H,13-14,17-20H2,1-3H3,(H,33,39). The van der Waals surface area contributed by atoms with E-state index in [-0.39, 0.29) is 18.9 Å². The molecule has 2 aromatic carbocycles. The van der Waals surface area contributed by atoms with Gasteiger partial charge in [0.2, 0.25) is 11.9 Å². The highest BCUT2D eigenvalue weighted by atomic mass is 16.6. The first-order valence-corrected chi connectivity index (χ1v) is 14.0. The average Bonchev–Trinajstić information content (AvgIpc) is 3.58. The van der Waals surface area contributed by atoms with Crippen LogP contribution >= 0.6 is 0 Å². The summed E-state index contributed by atoms with van der Waals surface area (Å²) >= 11 is 0. The molecule has 0 bridgehead atoms. The Bertz CT molecular complexity index is 1530. The Balaban J connectivity index is 1.30. The fraction of sp³-hybridized carbons (Fsp3) is 0.323. The van der Waals surface area contributed by atoms with Gasteiger partial charge < -0.3 is 29.3 Å². The van der Waals surface area contributed by atoms with Gasteiger partial charge in [-0.15, -0.1) is 0 Å². The van der Waals surface area contributed by atoms with Gasteiger partial charge in [0.05, 0.1) is 20.3 Å². The molecule has 1 aliphatic heterocycles. The molecule has 0 spiro atoms. The number of benzene rings is 2. The normalized spacial score (nSPS) is 14.7. The number of hydrogen-bond acceptors (Lipinski definition) is 9. The van der Waals surface area contributed by atoms with Gasteiger partial charge in [0.1, 0.15) is 18.8 Å². The van der Waals surface area contributed by atoms with Crippen LogP contribution in [0.5, 0.6) is 11.5 Å². The first-order chi connectivity index (χ1) is 20.9. The highest BCUT2D eigenvalue weighted by Crippen LogP contribution is 2.27. The number of amides is 2. The number of methoxy groups -OCH3 is 2. The molecule has 3 heterocycles. The minimum atomic E-state index is -0.459. The van der Waals surface area contributed by atoms with Crippen molar-refractivity contribution in [3.8, 4) is 17.4 Å². The maximum Gasteiger partial charge on any atom is 0.410 e. The predicted octanol–water partition coefficient (Wildman–Crippen LogP) is 3.52. The van der Waals surface area contributed by atoms with Crippen molar-refractivity contribution >= 4 is 17.8 Å². The maximum absolute atomic E-state index is 13.3. The number of carbonyl (C=O) groups excluding carboxylic acids is 2. The van der Waals surface area contributed by atoms with Crippen LogP contribution in [0.1, 0.15) is 23.2 Å². The Morgan fingerprint density at radius 3 is 2.53 bits per heavy atom. The molecule has 0 radical (unpaired) electrons. The van der Waals surface area contributed by atoms with Gasteiger partial charge in [-0.25, -0.2) is 14.8 Å². The smallest absolute Gasteiger partial charge is 0.410 e. The third-order valence-electron chi connectivity index (χ3n) is 7.17. The minimum absolute atomic E-state index is 0.0860. The van der Waals surface area contributed by atoms with Crippen molar-refractivity contribution in [2.75, 3.05) is 38.8 Å². The molecule has 12 heteroatoms. The fourth-order valence-corrected chi connectivity index (χ4v) is 4.95. The Morgan fingerprint density at radius 1 is 0.977 bits per heavy atom. The van der Waals surface area contributed by atoms with Gasteiger partial charge in [-0.2, -0.15) is 4.98 Å². The quantitative estimate of drug-likeness (QED) is 0.298. The Hall–Kier alpha value is -5.13. The molecule has 1 aliphatic rings. The van der Waals surface area contributed by atoms with E-state index in [1.165, 1.54) is 0 Å². The summed E-state index contributed by atoms with van der Waals surface area (Å²) in [6.45, 7) is 3.63. The van der Waals surface area contributed by atoms with Crippen LogP contribution < -0.4 is 19.7 Å². The largest absolute Gasteiger partial charge is 0.493 e. The van der Waals surface area contributed by atoms with Crippen molar-refractivity contribution in [1.82, 2.24) is 29.7 Å². The van der Waals surface area contributed by atoms with Gasteiger partial charge >= 0.3 is 6.09 Å². The van der Waals surface area contributed by atoms with Crippen LogP contribution in [0.3, 0.4) is 0 Å². The summed E-state index contributed by atoms with van der Waals surface area (Å²) in [5, 5.41) is 2.98. The van der Waals surface area contributed by atoms with Crippen LogP contribution in [-0.2, 0) is 22.7 Å². The monoisotopic (exact) mass is 585 g/mol. The molecule has 224 valence electrons. The van der Waals surface area contributed by atoms with Gasteiger partial charge in [-0.3, -0.25) is 9.36 Å². The molecule has 2 amide bonds.